The Morgan fingerprint density at radius 2 is 1.79 bits per heavy atom. The Morgan fingerprint density at radius 3 is 2.45 bits per heavy atom. The molecule has 0 atom stereocenters. The van der Waals surface area contributed by atoms with Crippen LogP contribution < -0.4 is 15.5 Å². The van der Waals surface area contributed by atoms with Gasteiger partial charge in [-0.3, -0.25) is 10.2 Å². The molecular formula is C21H23FN4O2S. The Balaban J connectivity index is 1.48. The highest BCUT2D eigenvalue weighted by Gasteiger charge is 2.18. The average molecular weight is 415 g/mol. The number of benzene rings is 2. The molecule has 0 aliphatic carbocycles. The lowest BCUT2D eigenvalue weighted by molar-refractivity contribution is -0.132. The van der Waals surface area contributed by atoms with Gasteiger partial charge in [0.25, 0.3) is 5.91 Å². The molecule has 0 unspecified atom stereocenters. The summed E-state index contributed by atoms with van der Waals surface area (Å²) in [6.07, 6.45) is 2.13. The van der Waals surface area contributed by atoms with Crippen LogP contribution in [0.4, 0.5) is 10.1 Å². The predicted molar refractivity (Wildman–Crippen MR) is 116 cm³/mol. The van der Waals surface area contributed by atoms with E-state index < -0.39 is 0 Å². The van der Waals surface area contributed by atoms with E-state index in [1.54, 1.807) is 24.3 Å². The van der Waals surface area contributed by atoms with Gasteiger partial charge in [-0.2, -0.15) is 5.10 Å². The van der Waals surface area contributed by atoms with Crippen molar-refractivity contribution in [3.05, 3.63) is 59.9 Å². The molecule has 3 rings (SSSR count). The van der Waals surface area contributed by atoms with Crippen LogP contribution in [0.5, 0.6) is 5.75 Å². The third-order valence-electron chi connectivity index (χ3n) is 4.52. The van der Waals surface area contributed by atoms with Gasteiger partial charge in [0, 0.05) is 18.8 Å². The second kappa shape index (κ2) is 9.97. The number of likely N-dealkylation sites (tertiary alicyclic amines) is 1. The minimum absolute atomic E-state index is 0.0238. The Hall–Kier alpha value is -3.00. The number of rotatable bonds is 6. The minimum atomic E-state index is -0.309. The maximum atomic E-state index is 12.9. The molecule has 2 N–H and O–H groups in total. The van der Waals surface area contributed by atoms with E-state index in [2.05, 4.69) is 15.8 Å². The molecule has 1 fully saturated rings. The number of thiocarbonyl (C=S) groups is 1. The van der Waals surface area contributed by atoms with E-state index in [0.29, 0.717) is 16.5 Å². The van der Waals surface area contributed by atoms with Crippen LogP contribution in [0, 0.1) is 5.82 Å². The summed E-state index contributed by atoms with van der Waals surface area (Å²) in [5.74, 6) is 0.349. The molecule has 0 saturated carbocycles. The first-order valence-corrected chi connectivity index (χ1v) is 9.80. The SMILES string of the molecule is C/C(=N/NC(=S)Nc1ccc(F)cc1)c1ccc(OCC(=O)N2CCCC2)cc1. The second-order valence-corrected chi connectivity index (χ2v) is 7.08. The van der Waals surface area contributed by atoms with E-state index in [9.17, 15) is 9.18 Å². The van der Waals surface area contributed by atoms with E-state index in [1.165, 1.54) is 12.1 Å². The first-order chi connectivity index (χ1) is 14.0. The van der Waals surface area contributed by atoms with Gasteiger partial charge >= 0.3 is 0 Å². The molecule has 1 aliphatic rings. The summed E-state index contributed by atoms with van der Waals surface area (Å²) in [4.78, 5) is 13.9. The van der Waals surface area contributed by atoms with Crippen molar-refractivity contribution in [3.8, 4) is 5.75 Å². The van der Waals surface area contributed by atoms with Crippen molar-refractivity contribution in [1.82, 2.24) is 10.3 Å². The minimum Gasteiger partial charge on any atom is -0.484 e. The Kier molecular flexibility index (Phi) is 7.13. The fourth-order valence-corrected chi connectivity index (χ4v) is 3.05. The number of ether oxygens (including phenoxy) is 1. The number of carbonyl (C=O) groups is 1. The van der Waals surface area contributed by atoms with Gasteiger partial charge in [0.2, 0.25) is 0 Å². The molecule has 29 heavy (non-hydrogen) atoms. The lowest BCUT2D eigenvalue weighted by atomic mass is 10.1. The van der Waals surface area contributed by atoms with Crippen molar-refractivity contribution >= 4 is 34.6 Å². The van der Waals surface area contributed by atoms with Gasteiger partial charge in [0.1, 0.15) is 11.6 Å². The predicted octanol–water partition coefficient (Wildman–Crippen LogP) is 3.54. The van der Waals surface area contributed by atoms with Crippen molar-refractivity contribution in [2.75, 3.05) is 25.0 Å². The molecule has 152 valence electrons. The topological polar surface area (TPSA) is 66.0 Å². The molecule has 2 aromatic rings. The van der Waals surface area contributed by atoms with Crippen LogP contribution in [-0.4, -0.2) is 41.3 Å². The zero-order chi connectivity index (χ0) is 20.6. The molecule has 2 aromatic carbocycles. The number of hydrogen-bond donors (Lipinski definition) is 2. The first-order valence-electron chi connectivity index (χ1n) is 9.39. The van der Waals surface area contributed by atoms with Gasteiger partial charge in [-0.25, -0.2) is 4.39 Å². The third kappa shape index (κ3) is 6.25. The van der Waals surface area contributed by atoms with Crippen molar-refractivity contribution in [2.24, 2.45) is 5.10 Å². The number of nitrogens with one attached hydrogen (secondary N) is 2. The van der Waals surface area contributed by atoms with Crippen molar-refractivity contribution in [3.63, 3.8) is 0 Å². The molecule has 6 nitrogen and oxygen atoms in total. The van der Waals surface area contributed by atoms with Gasteiger partial charge < -0.3 is 15.0 Å². The zero-order valence-electron chi connectivity index (χ0n) is 16.2. The van der Waals surface area contributed by atoms with Crippen LogP contribution in [0.2, 0.25) is 0 Å². The highest BCUT2D eigenvalue weighted by molar-refractivity contribution is 7.80. The number of carbonyl (C=O) groups excluding carboxylic acids is 1. The summed E-state index contributed by atoms with van der Waals surface area (Å²) in [5, 5.41) is 7.48. The normalized spacial score (nSPS) is 13.9. The van der Waals surface area contributed by atoms with Gasteiger partial charge in [0.15, 0.2) is 11.7 Å². The van der Waals surface area contributed by atoms with Crippen LogP contribution in [-0.2, 0) is 4.79 Å². The maximum absolute atomic E-state index is 12.9. The highest BCUT2D eigenvalue weighted by atomic mass is 32.1. The van der Waals surface area contributed by atoms with Gasteiger partial charge in [-0.1, -0.05) is 0 Å². The summed E-state index contributed by atoms with van der Waals surface area (Å²) >= 11 is 5.18. The monoisotopic (exact) mass is 414 g/mol. The summed E-state index contributed by atoms with van der Waals surface area (Å²) in [5.41, 5.74) is 5.05. The molecule has 8 heteroatoms. The molecule has 0 bridgehead atoms. The summed E-state index contributed by atoms with van der Waals surface area (Å²) in [7, 11) is 0. The number of halogens is 1. The molecule has 1 saturated heterocycles. The quantitative estimate of drug-likeness (QED) is 0.430. The fraction of sp³-hybridized carbons (Fsp3) is 0.286. The fourth-order valence-electron chi connectivity index (χ4n) is 2.89. The van der Waals surface area contributed by atoms with Gasteiger partial charge in [-0.15, -0.1) is 0 Å². The van der Waals surface area contributed by atoms with Crippen molar-refractivity contribution < 1.29 is 13.9 Å². The summed E-state index contributed by atoms with van der Waals surface area (Å²) in [6, 6.07) is 13.2. The molecule has 1 amide bonds. The molecule has 0 aromatic heterocycles. The Bertz CT molecular complexity index is 879. The summed E-state index contributed by atoms with van der Waals surface area (Å²) in [6.45, 7) is 3.54. The first kappa shape index (κ1) is 20.7. The van der Waals surface area contributed by atoms with Crippen LogP contribution in [0.3, 0.4) is 0 Å². The van der Waals surface area contributed by atoms with Crippen molar-refractivity contribution in [2.45, 2.75) is 19.8 Å². The molecule has 1 aliphatic heterocycles. The number of hydrazone groups is 1. The number of nitrogens with zero attached hydrogens (tertiary/aromatic N) is 2. The van der Waals surface area contributed by atoms with Gasteiger partial charge in [-0.05, 0) is 86.1 Å². The van der Waals surface area contributed by atoms with Crippen LogP contribution in [0.25, 0.3) is 0 Å². The van der Waals surface area contributed by atoms with E-state index in [0.717, 1.165) is 37.2 Å². The number of anilines is 1. The Labute approximate surface area is 174 Å². The van der Waals surface area contributed by atoms with E-state index >= 15 is 0 Å². The van der Waals surface area contributed by atoms with E-state index in [1.807, 2.05) is 24.0 Å². The second-order valence-electron chi connectivity index (χ2n) is 6.67. The largest absolute Gasteiger partial charge is 0.484 e. The van der Waals surface area contributed by atoms with E-state index in [4.69, 9.17) is 17.0 Å². The zero-order valence-corrected chi connectivity index (χ0v) is 17.0. The third-order valence-corrected chi connectivity index (χ3v) is 4.71. The van der Waals surface area contributed by atoms with Gasteiger partial charge in [0.05, 0.1) is 5.71 Å². The standard InChI is InChI=1S/C21H23FN4O2S/c1-15(24-25-21(29)23-18-8-6-17(22)7-9-18)16-4-10-19(11-5-16)28-14-20(27)26-12-2-3-13-26/h4-11H,2-3,12-14H2,1H3,(H2,23,25,29)/b24-15-. The number of amides is 1. The van der Waals surface area contributed by atoms with E-state index in [-0.39, 0.29) is 18.3 Å². The number of hydrogen-bond acceptors (Lipinski definition) is 4. The smallest absolute Gasteiger partial charge is 0.260 e. The molecule has 1 heterocycles. The molecule has 0 radical (unpaired) electrons. The highest BCUT2D eigenvalue weighted by Crippen LogP contribution is 2.14. The maximum Gasteiger partial charge on any atom is 0.260 e. The van der Waals surface area contributed by atoms with Crippen molar-refractivity contribution in [1.29, 1.82) is 0 Å². The van der Waals surface area contributed by atoms with Crippen LogP contribution >= 0.6 is 12.2 Å². The van der Waals surface area contributed by atoms with Crippen LogP contribution in [0.15, 0.2) is 53.6 Å². The molecular weight excluding hydrogens is 391 g/mol. The molecule has 0 spiro atoms. The lowest BCUT2D eigenvalue weighted by Gasteiger charge is -2.15. The Morgan fingerprint density at radius 1 is 1.14 bits per heavy atom. The summed E-state index contributed by atoms with van der Waals surface area (Å²) < 4.78 is 18.5. The average Bonchev–Trinajstić information content (AvgIpc) is 3.27. The van der Waals surface area contributed by atoms with Crippen LogP contribution in [0.1, 0.15) is 25.3 Å². The lowest BCUT2D eigenvalue weighted by Crippen LogP contribution is -2.32.